The van der Waals surface area contributed by atoms with Crippen LogP contribution in [0.15, 0.2) is 42.5 Å². The topological polar surface area (TPSA) is 26.0 Å². The molecule has 100 valence electrons. The Balaban J connectivity index is 2.40. The van der Waals surface area contributed by atoms with Gasteiger partial charge in [0.15, 0.2) is 0 Å². The summed E-state index contributed by atoms with van der Waals surface area (Å²) in [5.41, 5.74) is 7.13. The lowest BCUT2D eigenvalue weighted by Gasteiger charge is -2.09. The smallest absolute Gasteiger partial charge is 0.326 e. The Morgan fingerprint density at radius 1 is 0.947 bits per heavy atom. The molecule has 0 saturated carbocycles. The number of benzene rings is 2. The second kappa shape index (κ2) is 5.23. The minimum Gasteiger partial charge on any atom is -0.326 e. The molecule has 0 unspecified atom stereocenters. The highest BCUT2D eigenvalue weighted by Crippen LogP contribution is 2.31. The molecule has 0 aliphatic rings. The molecule has 0 heterocycles. The highest BCUT2D eigenvalue weighted by Gasteiger charge is 2.29. The molecule has 0 spiro atoms. The highest BCUT2D eigenvalue weighted by molar-refractivity contribution is 6.31. The maximum Gasteiger partial charge on any atom is 0.416 e. The molecule has 0 bridgehead atoms. The van der Waals surface area contributed by atoms with Crippen LogP contribution in [0.4, 0.5) is 13.2 Å². The van der Waals surface area contributed by atoms with Gasteiger partial charge in [0.05, 0.1) is 5.56 Å². The van der Waals surface area contributed by atoms with Crippen molar-refractivity contribution in [3.8, 4) is 11.1 Å². The second-order valence-electron chi connectivity index (χ2n) is 4.13. The van der Waals surface area contributed by atoms with E-state index in [0.29, 0.717) is 17.1 Å². The fraction of sp³-hybridized carbons (Fsp3) is 0.143. The predicted octanol–water partition coefficient (Wildman–Crippen LogP) is 4.48. The quantitative estimate of drug-likeness (QED) is 0.865. The molecule has 0 saturated heterocycles. The van der Waals surface area contributed by atoms with Gasteiger partial charge in [-0.05, 0) is 47.0 Å². The Kier molecular flexibility index (Phi) is 3.83. The Morgan fingerprint density at radius 3 is 2.11 bits per heavy atom. The van der Waals surface area contributed by atoms with Crippen molar-refractivity contribution in [2.75, 3.05) is 0 Å². The lowest BCUT2D eigenvalue weighted by atomic mass is 10.0. The summed E-state index contributed by atoms with van der Waals surface area (Å²) in [5, 5.41) is 0.512. The third-order valence-corrected chi connectivity index (χ3v) is 2.96. The average molecular weight is 286 g/mol. The number of nitrogens with two attached hydrogens (primary N) is 1. The van der Waals surface area contributed by atoms with Crippen molar-refractivity contribution in [2.24, 2.45) is 5.73 Å². The molecule has 2 aromatic rings. The van der Waals surface area contributed by atoms with E-state index in [4.69, 9.17) is 17.3 Å². The van der Waals surface area contributed by atoms with Gasteiger partial charge in [-0.25, -0.2) is 0 Å². The molecule has 0 fully saturated rings. The molecule has 0 radical (unpaired) electrons. The summed E-state index contributed by atoms with van der Waals surface area (Å²) >= 11 is 5.95. The first-order chi connectivity index (χ1) is 8.90. The number of hydrogen-bond acceptors (Lipinski definition) is 1. The third-order valence-electron chi connectivity index (χ3n) is 2.74. The van der Waals surface area contributed by atoms with E-state index in [1.807, 2.05) is 6.07 Å². The fourth-order valence-electron chi connectivity index (χ4n) is 1.79. The van der Waals surface area contributed by atoms with Crippen LogP contribution in [0.2, 0.25) is 5.02 Å². The Hall–Kier alpha value is -1.52. The van der Waals surface area contributed by atoms with Crippen molar-refractivity contribution in [3.63, 3.8) is 0 Å². The zero-order valence-corrected chi connectivity index (χ0v) is 10.6. The first-order valence-corrected chi connectivity index (χ1v) is 5.95. The van der Waals surface area contributed by atoms with Gasteiger partial charge in [-0.15, -0.1) is 0 Å². The first-order valence-electron chi connectivity index (χ1n) is 5.57. The lowest BCUT2D eigenvalue weighted by molar-refractivity contribution is -0.137. The van der Waals surface area contributed by atoms with Gasteiger partial charge >= 0.3 is 6.18 Å². The maximum absolute atomic E-state index is 12.5. The molecular weight excluding hydrogens is 275 g/mol. The summed E-state index contributed by atoms with van der Waals surface area (Å²) in [7, 11) is 0. The van der Waals surface area contributed by atoms with E-state index in [2.05, 4.69) is 0 Å². The van der Waals surface area contributed by atoms with E-state index in [0.717, 1.165) is 23.3 Å². The van der Waals surface area contributed by atoms with E-state index in [9.17, 15) is 13.2 Å². The summed E-state index contributed by atoms with van der Waals surface area (Å²) in [5.74, 6) is 0. The zero-order chi connectivity index (χ0) is 14.0. The van der Waals surface area contributed by atoms with Gasteiger partial charge in [0, 0.05) is 11.6 Å². The van der Waals surface area contributed by atoms with Crippen LogP contribution in [0.3, 0.4) is 0 Å². The van der Waals surface area contributed by atoms with Crippen molar-refractivity contribution >= 4 is 11.6 Å². The lowest BCUT2D eigenvalue weighted by Crippen LogP contribution is -2.04. The van der Waals surface area contributed by atoms with Crippen LogP contribution in [0.5, 0.6) is 0 Å². The standard InChI is InChI=1S/C14H11ClF3N/c15-13-6-9(8-19)5-11(7-13)10-1-3-12(4-2-10)14(16,17)18/h1-7H,8,19H2. The highest BCUT2D eigenvalue weighted by atomic mass is 35.5. The molecule has 0 aliphatic carbocycles. The molecule has 0 aliphatic heterocycles. The van der Waals surface area contributed by atoms with Crippen LogP contribution in [0, 0.1) is 0 Å². The molecule has 1 nitrogen and oxygen atoms in total. The van der Waals surface area contributed by atoms with Crippen LogP contribution in [0.1, 0.15) is 11.1 Å². The van der Waals surface area contributed by atoms with Gasteiger partial charge in [0.1, 0.15) is 0 Å². The molecule has 5 heteroatoms. The molecule has 2 rings (SSSR count). The minimum atomic E-state index is -4.32. The Morgan fingerprint density at radius 2 is 1.58 bits per heavy atom. The Labute approximate surface area is 113 Å². The zero-order valence-electron chi connectivity index (χ0n) is 9.84. The SMILES string of the molecule is NCc1cc(Cl)cc(-c2ccc(C(F)(F)F)cc2)c1. The van der Waals surface area contributed by atoms with Gasteiger partial charge in [-0.1, -0.05) is 23.7 Å². The van der Waals surface area contributed by atoms with Crippen molar-refractivity contribution in [2.45, 2.75) is 12.7 Å². The summed E-state index contributed by atoms with van der Waals surface area (Å²) in [6, 6.07) is 10.2. The van der Waals surface area contributed by atoms with Crippen LogP contribution >= 0.6 is 11.6 Å². The second-order valence-corrected chi connectivity index (χ2v) is 4.56. The van der Waals surface area contributed by atoms with Gasteiger partial charge in [-0.2, -0.15) is 13.2 Å². The number of hydrogen-bond donors (Lipinski definition) is 1. The molecule has 0 amide bonds. The number of rotatable bonds is 2. The van der Waals surface area contributed by atoms with Crippen molar-refractivity contribution < 1.29 is 13.2 Å². The monoisotopic (exact) mass is 285 g/mol. The summed E-state index contributed by atoms with van der Waals surface area (Å²) in [6.45, 7) is 0.328. The summed E-state index contributed by atoms with van der Waals surface area (Å²) in [6.07, 6.45) is -4.32. The molecule has 0 atom stereocenters. The summed E-state index contributed by atoms with van der Waals surface area (Å²) < 4.78 is 37.4. The Bertz CT molecular complexity index is 576. The van der Waals surface area contributed by atoms with Crippen molar-refractivity contribution in [1.29, 1.82) is 0 Å². The van der Waals surface area contributed by atoms with E-state index in [1.54, 1.807) is 12.1 Å². The largest absolute Gasteiger partial charge is 0.416 e. The molecule has 0 aromatic heterocycles. The van der Waals surface area contributed by atoms with E-state index in [1.165, 1.54) is 12.1 Å². The predicted molar refractivity (Wildman–Crippen MR) is 69.8 cm³/mol. The summed E-state index contributed by atoms with van der Waals surface area (Å²) in [4.78, 5) is 0. The van der Waals surface area contributed by atoms with E-state index < -0.39 is 11.7 Å². The van der Waals surface area contributed by atoms with Gasteiger partial charge in [0.25, 0.3) is 0 Å². The van der Waals surface area contributed by atoms with Crippen LogP contribution < -0.4 is 5.73 Å². The van der Waals surface area contributed by atoms with Crippen LogP contribution in [0.25, 0.3) is 11.1 Å². The van der Waals surface area contributed by atoms with Gasteiger partial charge < -0.3 is 5.73 Å². The van der Waals surface area contributed by atoms with Crippen LogP contribution in [-0.2, 0) is 12.7 Å². The van der Waals surface area contributed by atoms with Gasteiger partial charge in [0.2, 0.25) is 0 Å². The maximum atomic E-state index is 12.5. The fourth-order valence-corrected chi connectivity index (χ4v) is 2.04. The normalized spacial score (nSPS) is 11.6. The third kappa shape index (κ3) is 3.28. The average Bonchev–Trinajstić information content (AvgIpc) is 2.37. The van der Waals surface area contributed by atoms with Gasteiger partial charge in [-0.3, -0.25) is 0 Å². The van der Waals surface area contributed by atoms with Crippen LogP contribution in [-0.4, -0.2) is 0 Å². The number of alkyl halides is 3. The molecule has 19 heavy (non-hydrogen) atoms. The van der Waals surface area contributed by atoms with E-state index >= 15 is 0 Å². The number of halogens is 4. The first kappa shape index (κ1) is 13.9. The minimum absolute atomic E-state index is 0.328. The van der Waals surface area contributed by atoms with Crippen molar-refractivity contribution in [3.05, 3.63) is 58.6 Å². The molecule has 2 N–H and O–H groups in total. The van der Waals surface area contributed by atoms with Crippen molar-refractivity contribution in [1.82, 2.24) is 0 Å². The molecule has 2 aromatic carbocycles. The molecular formula is C14H11ClF3N. The van der Waals surface area contributed by atoms with E-state index in [-0.39, 0.29) is 0 Å².